The number of aromatic nitrogens is 3. The van der Waals surface area contributed by atoms with Gasteiger partial charge in [0.05, 0.1) is 22.2 Å². The molecule has 1 amide bonds. The fourth-order valence-corrected chi connectivity index (χ4v) is 3.56. The zero-order chi connectivity index (χ0) is 21.6. The van der Waals surface area contributed by atoms with Gasteiger partial charge in [-0.05, 0) is 55.3 Å². The summed E-state index contributed by atoms with van der Waals surface area (Å²) >= 11 is 0. The molecular weight excluding hydrogens is 380 g/mol. The molecule has 154 valence electrons. The van der Waals surface area contributed by atoms with Crippen LogP contribution in [-0.4, -0.2) is 21.0 Å². The van der Waals surface area contributed by atoms with E-state index in [0.29, 0.717) is 27.9 Å². The molecule has 7 nitrogen and oxygen atoms in total. The van der Waals surface area contributed by atoms with E-state index in [1.165, 1.54) is 0 Å². The molecule has 7 heteroatoms. The lowest BCUT2D eigenvalue weighted by Gasteiger charge is -2.11. The van der Waals surface area contributed by atoms with E-state index in [0.717, 1.165) is 27.7 Å². The van der Waals surface area contributed by atoms with Gasteiger partial charge in [-0.3, -0.25) is 9.59 Å². The lowest BCUT2D eigenvalue weighted by Crippen LogP contribution is -2.27. The highest BCUT2D eigenvalue weighted by Gasteiger charge is 2.20. The quantitative estimate of drug-likeness (QED) is 0.534. The Morgan fingerprint density at radius 2 is 1.97 bits per heavy atom. The third kappa shape index (κ3) is 3.36. The molecule has 0 saturated carbocycles. The number of carbonyl (C=O) groups excluding carboxylic acids is 1. The van der Waals surface area contributed by atoms with Crippen LogP contribution in [-0.2, 0) is 6.54 Å². The number of hydrogen-bond acceptors (Lipinski definition) is 5. The van der Waals surface area contributed by atoms with Crippen molar-refractivity contribution in [1.29, 1.82) is 0 Å². The average molecular weight is 404 g/mol. The Hall–Kier alpha value is -3.48. The summed E-state index contributed by atoms with van der Waals surface area (Å²) in [5.74, 6) is -0.170. The summed E-state index contributed by atoms with van der Waals surface area (Å²) in [7, 11) is 0. The predicted octanol–water partition coefficient (Wildman–Crippen LogP) is 4.04. The smallest absolute Gasteiger partial charge is 0.259 e. The first kappa shape index (κ1) is 19.8. The van der Waals surface area contributed by atoms with Crippen LogP contribution in [0.5, 0.6) is 0 Å². The lowest BCUT2D eigenvalue weighted by molar-refractivity contribution is 0.0952. The summed E-state index contributed by atoms with van der Waals surface area (Å²) in [6.07, 6.45) is 0. The number of carbonyl (C=O) groups is 1. The van der Waals surface area contributed by atoms with Gasteiger partial charge in [0.2, 0.25) is 0 Å². The maximum Gasteiger partial charge on any atom is 0.259 e. The summed E-state index contributed by atoms with van der Waals surface area (Å²) in [5, 5.41) is 8.34. The first-order valence-corrected chi connectivity index (χ1v) is 9.93. The Bertz CT molecular complexity index is 1350. The number of amides is 1. The van der Waals surface area contributed by atoms with Crippen LogP contribution < -0.4 is 10.9 Å². The molecule has 3 heterocycles. The normalized spacial score (nSPS) is 11.5. The van der Waals surface area contributed by atoms with Crippen molar-refractivity contribution in [3.05, 3.63) is 68.3 Å². The van der Waals surface area contributed by atoms with E-state index in [9.17, 15) is 9.59 Å². The maximum absolute atomic E-state index is 13.0. The van der Waals surface area contributed by atoms with Gasteiger partial charge in [0.1, 0.15) is 0 Å². The van der Waals surface area contributed by atoms with Gasteiger partial charge in [-0.15, -0.1) is 0 Å². The van der Waals surface area contributed by atoms with E-state index in [4.69, 9.17) is 4.52 Å². The molecule has 0 spiro atoms. The molecule has 2 N–H and O–H groups in total. The number of fused-ring (bicyclic) bond motifs is 2. The third-order valence-electron chi connectivity index (χ3n) is 5.54. The van der Waals surface area contributed by atoms with Gasteiger partial charge >= 0.3 is 0 Å². The first-order valence-electron chi connectivity index (χ1n) is 9.93. The summed E-state index contributed by atoms with van der Waals surface area (Å²) < 4.78 is 5.29. The largest absolute Gasteiger partial charge is 0.348 e. The lowest BCUT2D eigenvalue weighted by atomic mass is 10.0. The van der Waals surface area contributed by atoms with Gasteiger partial charge in [-0.1, -0.05) is 31.1 Å². The second kappa shape index (κ2) is 7.40. The molecular formula is C23H24N4O3. The minimum atomic E-state index is -0.296. The standard InChI is InChI=1S/C23H24N4O3/c1-11(2)18-9-17(19-14(5)27-30-23(19)25-18)22(29)24-10-16-8-15-7-6-12(3)13(4)20(15)26-21(16)28/h6-9,11H,10H2,1-5H3,(H,24,29)(H,26,28). The zero-order valence-corrected chi connectivity index (χ0v) is 17.7. The summed E-state index contributed by atoms with van der Waals surface area (Å²) in [5.41, 5.74) is 5.42. The Morgan fingerprint density at radius 3 is 2.70 bits per heavy atom. The van der Waals surface area contributed by atoms with Gasteiger partial charge in [0.15, 0.2) is 0 Å². The molecule has 0 aliphatic heterocycles. The van der Waals surface area contributed by atoms with Gasteiger partial charge in [-0.25, -0.2) is 4.98 Å². The van der Waals surface area contributed by atoms with Crippen LogP contribution in [0.15, 0.2) is 33.6 Å². The van der Waals surface area contributed by atoms with Crippen molar-refractivity contribution in [2.45, 2.75) is 47.1 Å². The van der Waals surface area contributed by atoms with Crippen LogP contribution in [0.2, 0.25) is 0 Å². The summed E-state index contributed by atoms with van der Waals surface area (Å²) in [4.78, 5) is 33.0. The molecule has 0 aliphatic rings. The van der Waals surface area contributed by atoms with Crippen molar-refractivity contribution in [1.82, 2.24) is 20.4 Å². The van der Waals surface area contributed by atoms with Crippen LogP contribution in [0, 0.1) is 20.8 Å². The molecule has 0 bridgehead atoms. The highest BCUT2D eigenvalue weighted by Crippen LogP contribution is 2.25. The fraction of sp³-hybridized carbons (Fsp3) is 0.304. The molecule has 0 fully saturated rings. The molecule has 30 heavy (non-hydrogen) atoms. The SMILES string of the molecule is Cc1ccc2cc(CNC(=O)c3cc(C(C)C)nc4onc(C)c34)c(=O)[nH]c2c1C. The number of aryl methyl sites for hydroxylation is 3. The molecule has 3 aromatic heterocycles. The van der Waals surface area contributed by atoms with Crippen molar-refractivity contribution in [3.63, 3.8) is 0 Å². The topological polar surface area (TPSA) is 101 Å². The summed E-state index contributed by atoms with van der Waals surface area (Å²) in [6.45, 7) is 9.88. The van der Waals surface area contributed by atoms with Crippen molar-refractivity contribution < 1.29 is 9.32 Å². The Balaban J connectivity index is 1.67. The maximum atomic E-state index is 13.0. The Kier molecular flexibility index (Phi) is 4.89. The molecule has 4 aromatic rings. The van der Waals surface area contributed by atoms with E-state index in [-0.39, 0.29) is 23.9 Å². The number of nitrogens with zero attached hydrogens (tertiary/aromatic N) is 2. The number of nitrogens with one attached hydrogen (secondary N) is 2. The monoisotopic (exact) mass is 404 g/mol. The molecule has 0 saturated heterocycles. The van der Waals surface area contributed by atoms with Crippen molar-refractivity contribution >= 4 is 27.9 Å². The van der Waals surface area contributed by atoms with E-state index >= 15 is 0 Å². The van der Waals surface area contributed by atoms with Crippen LogP contribution >= 0.6 is 0 Å². The minimum Gasteiger partial charge on any atom is -0.348 e. The van der Waals surface area contributed by atoms with Gasteiger partial charge in [0, 0.05) is 17.8 Å². The zero-order valence-electron chi connectivity index (χ0n) is 17.7. The van der Waals surface area contributed by atoms with Crippen molar-refractivity contribution in [3.8, 4) is 0 Å². The van der Waals surface area contributed by atoms with E-state index in [1.54, 1.807) is 13.0 Å². The predicted molar refractivity (Wildman–Crippen MR) is 116 cm³/mol. The number of benzene rings is 1. The number of hydrogen-bond donors (Lipinski definition) is 2. The van der Waals surface area contributed by atoms with E-state index in [2.05, 4.69) is 20.4 Å². The van der Waals surface area contributed by atoms with Crippen LogP contribution in [0.25, 0.3) is 22.0 Å². The van der Waals surface area contributed by atoms with Crippen molar-refractivity contribution in [2.24, 2.45) is 0 Å². The number of aromatic amines is 1. The molecule has 4 rings (SSSR count). The van der Waals surface area contributed by atoms with Gasteiger partial charge < -0.3 is 14.8 Å². The number of pyridine rings is 2. The molecule has 0 unspecified atom stereocenters. The second-order valence-corrected chi connectivity index (χ2v) is 7.98. The van der Waals surface area contributed by atoms with Crippen LogP contribution in [0.1, 0.15) is 58.2 Å². The second-order valence-electron chi connectivity index (χ2n) is 7.98. The summed E-state index contributed by atoms with van der Waals surface area (Å²) in [6, 6.07) is 7.59. The Morgan fingerprint density at radius 1 is 1.20 bits per heavy atom. The highest BCUT2D eigenvalue weighted by molar-refractivity contribution is 6.06. The third-order valence-corrected chi connectivity index (χ3v) is 5.54. The number of rotatable bonds is 4. The fourth-order valence-electron chi connectivity index (χ4n) is 3.56. The average Bonchev–Trinajstić information content (AvgIpc) is 3.10. The molecule has 0 atom stereocenters. The van der Waals surface area contributed by atoms with Gasteiger partial charge in [0.25, 0.3) is 17.2 Å². The van der Waals surface area contributed by atoms with Gasteiger partial charge in [-0.2, -0.15) is 0 Å². The van der Waals surface area contributed by atoms with Crippen LogP contribution in [0.4, 0.5) is 0 Å². The van der Waals surface area contributed by atoms with E-state index < -0.39 is 0 Å². The van der Waals surface area contributed by atoms with E-state index in [1.807, 2.05) is 45.9 Å². The molecule has 1 aromatic carbocycles. The van der Waals surface area contributed by atoms with Crippen LogP contribution in [0.3, 0.4) is 0 Å². The Labute approximate surface area is 173 Å². The van der Waals surface area contributed by atoms with Crippen molar-refractivity contribution in [2.75, 3.05) is 0 Å². The number of H-pyrrole nitrogens is 1. The highest BCUT2D eigenvalue weighted by atomic mass is 16.5. The molecule has 0 radical (unpaired) electrons. The minimum absolute atomic E-state index is 0.113. The first-order chi connectivity index (χ1) is 14.3. The molecule has 0 aliphatic carbocycles.